The second kappa shape index (κ2) is 7.71. The number of anilines is 1. The number of nitro benzene ring substituents is 1. The third kappa shape index (κ3) is 4.40. The molecule has 1 aromatic heterocycles. The lowest BCUT2D eigenvalue weighted by atomic mass is 10.2. The van der Waals surface area contributed by atoms with Gasteiger partial charge < -0.3 is 10.1 Å². The minimum absolute atomic E-state index is 0.000229. The quantitative estimate of drug-likeness (QED) is 0.375. The summed E-state index contributed by atoms with van der Waals surface area (Å²) in [4.78, 5) is 37.5. The first-order valence-electron chi connectivity index (χ1n) is 6.40. The Kier molecular flexibility index (Phi) is 5.67. The molecule has 124 valence electrons. The number of pyridine rings is 1. The van der Waals surface area contributed by atoms with Crippen molar-refractivity contribution in [3.63, 3.8) is 0 Å². The molecular formula is C14H9Cl2N3O5. The van der Waals surface area contributed by atoms with Crippen LogP contribution in [0.3, 0.4) is 0 Å². The van der Waals surface area contributed by atoms with Crippen molar-refractivity contribution in [3.8, 4) is 0 Å². The molecule has 0 bridgehead atoms. The van der Waals surface area contributed by atoms with Crippen LogP contribution in [0.1, 0.15) is 10.4 Å². The molecule has 2 rings (SSSR count). The van der Waals surface area contributed by atoms with Crippen LogP contribution >= 0.6 is 23.2 Å². The smallest absolute Gasteiger partial charge is 0.340 e. The number of hydrogen-bond acceptors (Lipinski definition) is 6. The summed E-state index contributed by atoms with van der Waals surface area (Å²) in [6.07, 6.45) is 1.15. The molecule has 0 atom stereocenters. The first kappa shape index (κ1) is 17.6. The van der Waals surface area contributed by atoms with Crippen LogP contribution in [-0.2, 0) is 9.53 Å². The minimum atomic E-state index is -0.834. The highest BCUT2D eigenvalue weighted by Crippen LogP contribution is 2.23. The molecule has 0 spiro atoms. The Labute approximate surface area is 145 Å². The number of nitrogens with one attached hydrogen (secondary N) is 1. The summed E-state index contributed by atoms with van der Waals surface area (Å²) >= 11 is 11.4. The Morgan fingerprint density at radius 3 is 2.67 bits per heavy atom. The number of rotatable bonds is 5. The monoisotopic (exact) mass is 369 g/mol. The van der Waals surface area contributed by atoms with Gasteiger partial charge in [0.05, 0.1) is 15.5 Å². The maximum absolute atomic E-state index is 11.8. The van der Waals surface area contributed by atoms with Crippen LogP contribution in [0.15, 0.2) is 36.5 Å². The summed E-state index contributed by atoms with van der Waals surface area (Å²) in [7, 11) is 0. The average molecular weight is 370 g/mol. The van der Waals surface area contributed by atoms with E-state index in [1.807, 2.05) is 0 Å². The summed E-state index contributed by atoms with van der Waals surface area (Å²) in [5, 5.41) is 13.2. The molecule has 0 saturated heterocycles. The highest BCUT2D eigenvalue weighted by atomic mass is 35.5. The van der Waals surface area contributed by atoms with Gasteiger partial charge in [0.2, 0.25) is 0 Å². The van der Waals surface area contributed by atoms with Crippen molar-refractivity contribution in [1.82, 2.24) is 4.98 Å². The topological polar surface area (TPSA) is 111 Å². The van der Waals surface area contributed by atoms with Crippen LogP contribution in [0.2, 0.25) is 10.2 Å². The second-order valence-electron chi connectivity index (χ2n) is 4.40. The predicted octanol–water partition coefficient (Wildman–Crippen LogP) is 3.09. The van der Waals surface area contributed by atoms with Crippen LogP contribution in [0, 0.1) is 10.1 Å². The van der Waals surface area contributed by atoms with Crippen LogP contribution < -0.4 is 5.32 Å². The van der Waals surface area contributed by atoms with Gasteiger partial charge in [-0.15, -0.1) is 0 Å². The normalized spacial score (nSPS) is 10.1. The molecule has 0 saturated carbocycles. The molecule has 0 fully saturated rings. The van der Waals surface area contributed by atoms with Gasteiger partial charge in [-0.2, -0.15) is 0 Å². The van der Waals surface area contributed by atoms with Crippen molar-refractivity contribution in [2.75, 3.05) is 11.9 Å². The van der Waals surface area contributed by atoms with Crippen LogP contribution in [0.25, 0.3) is 0 Å². The van der Waals surface area contributed by atoms with Crippen molar-refractivity contribution >= 4 is 46.5 Å². The molecule has 0 aliphatic carbocycles. The number of carbonyl (C=O) groups excluding carboxylic acids is 2. The molecule has 1 heterocycles. The summed E-state index contributed by atoms with van der Waals surface area (Å²) in [5.41, 5.74) is -0.256. The van der Waals surface area contributed by atoms with Gasteiger partial charge in [-0.3, -0.25) is 14.9 Å². The summed E-state index contributed by atoms with van der Waals surface area (Å²) in [6.45, 7) is -0.634. The van der Waals surface area contributed by atoms with Gasteiger partial charge in [0.15, 0.2) is 6.61 Å². The molecule has 0 aliphatic rings. The number of carbonyl (C=O) groups is 2. The number of nitro groups is 1. The highest BCUT2D eigenvalue weighted by Gasteiger charge is 2.17. The zero-order valence-electron chi connectivity index (χ0n) is 11.9. The van der Waals surface area contributed by atoms with Gasteiger partial charge in [-0.05, 0) is 12.1 Å². The van der Waals surface area contributed by atoms with E-state index in [2.05, 4.69) is 10.3 Å². The third-order valence-corrected chi connectivity index (χ3v) is 3.43. The molecule has 1 amide bonds. The lowest BCUT2D eigenvalue weighted by Crippen LogP contribution is -2.21. The number of halogens is 2. The summed E-state index contributed by atoms with van der Waals surface area (Å²) in [6, 6.07) is 6.84. The molecule has 0 radical (unpaired) electrons. The number of aromatic nitrogens is 1. The SMILES string of the molecule is O=C(COC(=O)c1cnc(Cl)c(Cl)c1)Nc1ccccc1[N+](=O)[O-]. The van der Waals surface area contributed by atoms with Crippen molar-refractivity contribution in [3.05, 3.63) is 62.4 Å². The van der Waals surface area contributed by atoms with Crippen LogP contribution in [0.4, 0.5) is 11.4 Å². The fraction of sp³-hybridized carbons (Fsp3) is 0.0714. The van der Waals surface area contributed by atoms with E-state index in [9.17, 15) is 19.7 Å². The van der Waals surface area contributed by atoms with Gasteiger partial charge in [-0.25, -0.2) is 9.78 Å². The number of benzene rings is 1. The zero-order valence-corrected chi connectivity index (χ0v) is 13.4. The molecule has 1 N–H and O–H groups in total. The average Bonchev–Trinajstić information content (AvgIpc) is 2.55. The molecule has 0 aliphatic heterocycles. The highest BCUT2D eigenvalue weighted by molar-refractivity contribution is 6.41. The van der Waals surface area contributed by atoms with E-state index >= 15 is 0 Å². The minimum Gasteiger partial charge on any atom is -0.452 e. The molecule has 0 unspecified atom stereocenters. The van der Waals surface area contributed by atoms with Gasteiger partial charge >= 0.3 is 5.97 Å². The maximum Gasteiger partial charge on any atom is 0.340 e. The molecule has 8 nitrogen and oxygen atoms in total. The first-order chi connectivity index (χ1) is 11.4. The van der Waals surface area contributed by atoms with Crippen molar-refractivity contribution < 1.29 is 19.2 Å². The van der Waals surface area contributed by atoms with E-state index in [0.29, 0.717) is 0 Å². The summed E-state index contributed by atoms with van der Waals surface area (Å²) < 4.78 is 4.79. The summed E-state index contributed by atoms with van der Waals surface area (Å²) in [5.74, 6) is -1.57. The molecular weight excluding hydrogens is 361 g/mol. The van der Waals surface area contributed by atoms with Gasteiger partial charge in [0.25, 0.3) is 11.6 Å². The lowest BCUT2D eigenvalue weighted by Gasteiger charge is -2.07. The van der Waals surface area contributed by atoms with E-state index in [4.69, 9.17) is 27.9 Å². The number of nitrogens with zero attached hydrogens (tertiary/aromatic N) is 2. The number of para-hydroxylation sites is 2. The molecule has 1 aromatic carbocycles. The van der Waals surface area contributed by atoms with E-state index < -0.39 is 23.4 Å². The largest absolute Gasteiger partial charge is 0.452 e. The first-order valence-corrected chi connectivity index (χ1v) is 7.15. The standard InChI is InChI=1S/C14H9Cl2N3O5/c15-9-5-8(6-17-13(9)16)14(21)24-7-12(20)18-10-3-1-2-4-11(10)19(22)23/h1-6H,7H2,(H,18,20). The van der Waals surface area contributed by atoms with Gasteiger partial charge in [-0.1, -0.05) is 35.3 Å². The second-order valence-corrected chi connectivity index (χ2v) is 5.16. The van der Waals surface area contributed by atoms with Crippen molar-refractivity contribution in [1.29, 1.82) is 0 Å². The molecule has 2 aromatic rings. The van der Waals surface area contributed by atoms with E-state index in [-0.39, 0.29) is 27.1 Å². The van der Waals surface area contributed by atoms with Crippen molar-refractivity contribution in [2.45, 2.75) is 0 Å². The molecule has 24 heavy (non-hydrogen) atoms. The number of esters is 1. The Morgan fingerprint density at radius 1 is 1.29 bits per heavy atom. The maximum atomic E-state index is 11.8. The van der Waals surface area contributed by atoms with E-state index in [1.54, 1.807) is 0 Å². The number of hydrogen-bond donors (Lipinski definition) is 1. The Bertz CT molecular complexity index is 813. The Hall–Kier alpha value is -2.71. The molecule has 10 heteroatoms. The fourth-order valence-electron chi connectivity index (χ4n) is 1.67. The number of ether oxygens (including phenoxy) is 1. The van der Waals surface area contributed by atoms with Gasteiger partial charge in [0, 0.05) is 12.3 Å². The lowest BCUT2D eigenvalue weighted by molar-refractivity contribution is -0.383. The van der Waals surface area contributed by atoms with Crippen LogP contribution in [-0.4, -0.2) is 28.4 Å². The van der Waals surface area contributed by atoms with Crippen LogP contribution in [0.5, 0.6) is 0 Å². The fourth-order valence-corrected chi connectivity index (χ4v) is 1.94. The Balaban J connectivity index is 1.97. The zero-order chi connectivity index (χ0) is 17.7. The predicted molar refractivity (Wildman–Crippen MR) is 86.3 cm³/mol. The van der Waals surface area contributed by atoms with E-state index in [0.717, 1.165) is 6.20 Å². The van der Waals surface area contributed by atoms with E-state index in [1.165, 1.54) is 30.3 Å². The van der Waals surface area contributed by atoms with Crippen molar-refractivity contribution in [2.24, 2.45) is 0 Å². The Morgan fingerprint density at radius 2 is 2.00 bits per heavy atom. The third-order valence-electron chi connectivity index (χ3n) is 2.74. The van der Waals surface area contributed by atoms with Gasteiger partial charge in [0.1, 0.15) is 10.8 Å². The number of amides is 1.